The van der Waals surface area contributed by atoms with Crippen LogP contribution in [0.5, 0.6) is 0 Å². The van der Waals surface area contributed by atoms with Gasteiger partial charge in [0.1, 0.15) is 0 Å². The molecule has 0 bridgehead atoms. The molecular weight excluding hydrogens is 248 g/mol. The number of methoxy groups -OCH3 is 2. The molecule has 0 fully saturated rings. The van der Waals surface area contributed by atoms with Gasteiger partial charge in [-0.3, -0.25) is 0 Å². The van der Waals surface area contributed by atoms with Crippen molar-refractivity contribution < 1.29 is 19.7 Å². The minimum atomic E-state index is -0.0200. The molecule has 0 aliphatic rings. The molecule has 0 atom stereocenters. The molecule has 0 saturated heterocycles. The first-order valence-corrected chi connectivity index (χ1v) is 3.97. The Balaban J connectivity index is -0.000000143. The second-order valence-electron chi connectivity index (χ2n) is 2.10. The molecule has 0 spiro atoms. The molecule has 0 unspecified atom stereocenters. The molecule has 0 N–H and O–H groups in total. The van der Waals surface area contributed by atoms with Gasteiger partial charge >= 0.3 is 45.5 Å². The predicted octanol–water partition coefficient (Wildman–Crippen LogP) is -1.61. The smallest absolute Gasteiger partial charge is 0.854 e. The van der Waals surface area contributed by atoms with E-state index in [1.807, 2.05) is 0 Å². The molecule has 13 heavy (non-hydrogen) atoms. The van der Waals surface area contributed by atoms with Crippen LogP contribution in [0, 0.1) is 0 Å². The first-order chi connectivity index (χ1) is 5.83. The number of hydrogen-bond acceptors (Lipinski definition) is 4. The molecule has 0 aromatic heterocycles. The van der Waals surface area contributed by atoms with Crippen LogP contribution in [0.3, 0.4) is 0 Å². The molecule has 0 rings (SSSR count). The van der Waals surface area contributed by atoms with Gasteiger partial charge in [-0.1, -0.05) is 0 Å². The van der Waals surface area contributed by atoms with Crippen LogP contribution in [0.25, 0.3) is 0 Å². The molecule has 0 heterocycles. The van der Waals surface area contributed by atoms with E-state index >= 15 is 0 Å². The van der Waals surface area contributed by atoms with Gasteiger partial charge < -0.3 is 19.7 Å². The third-order valence-corrected chi connectivity index (χ3v) is 0.986. The summed E-state index contributed by atoms with van der Waals surface area (Å²) < 4.78 is 9.16. The van der Waals surface area contributed by atoms with E-state index in [1.54, 1.807) is 14.2 Å². The molecule has 0 radical (unpaired) electrons. The maximum atomic E-state index is 9.61. The average molecular weight is 266 g/mol. The normalized spacial score (nSPS) is 8.31. The molecule has 0 saturated carbocycles. The molecule has 4 nitrogen and oxygen atoms in total. The topological polar surface area (TPSA) is 64.6 Å². The fourth-order valence-corrected chi connectivity index (χ4v) is 0.407. The average Bonchev–Trinajstić information content (AvgIpc) is 2.12. The first kappa shape index (κ1) is 19.8. The van der Waals surface area contributed by atoms with Gasteiger partial charge in [0.05, 0.1) is 0 Å². The molecular formula is C8H18O4Sr. The second kappa shape index (κ2) is 23.3. The van der Waals surface area contributed by atoms with Crippen molar-refractivity contribution >= 4 is 45.5 Å². The van der Waals surface area contributed by atoms with E-state index in [4.69, 9.17) is 0 Å². The second-order valence-corrected chi connectivity index (χ2v) is 2.10. The summed E-state index contributed by atoms with van der Waals surface area (Å²) in [6, 6.07) is 0. The van der Waals surface area contributed by atoms with Crippen LogP contribution in [0.1, 0.15) is 12.8 Å². The molecule has 0 aromatic carbocycles. The molecule has 5 heteroatoms. The third-order valence-electron chi connectivity index (χ3n) is 0.986. The van der Waals surface area contributed by atoms with Crippen LogP contribution in [-0.2, 0) is 9.47 Å². The Morgan fingerprint density at radius 1 is 0.846 bits per heavy atom. The molecule has 0 aliphatic heterocycles. The van der Waals surface area contributed by atoms with E-state index in [2.05, 4.69) is 9.47 Å². The van der Waals surface area contributed by atoms with E-state index in [-0.39, 0.29) is 58.7 Å². The zero-order valence-corrected chi connectivity index (χ0v) is 12.1. The summed E-state index contributed by atoms with van der Waals surface area (Å²) >= 11 is 0. The van der Waals surface area contributed by atoms with Crippen LogP contribution in [0.4, 0.5) is 0 Å². The summed E-state index contributed by atoms with van der Waals surface area (Å²) in [5, 5.41) is 19.2. The third kappa shape index (κ3) is 31.9. The maximum absolute atomic E-state index is 9.61. The van der Waals surface area contributed by atoms with Gasteiger partial charge in [0.2, 0.25) is 0 Å². The fourth-order valence-electron chi connectivity index (χ4n) is 0.407. The zero-order chi connectivity index (χ0) is 9.66. The standard InChI is InChI=1S/2C4H9O2.Sr/c2*1-6-4-2-3-5;/h2*2-4H2,1H3;/q2*-1;+2. The first-order valence-electron chi connectivity index (χ1n) is 3.97. The van der Waals surface area contributed by atoms with Crippen LogP contribution in [-0.4, -0.2) is 86.1 Å². The molecule has 0 amide bonds. The van der Waals surface area contributed by atoms with Crippen molar-refractivity contribution in [3.8, 4) is 0 Å². The Labute approximate surface area is 118 Å². The minimum absolute atomic E-state index is 0. The van der Waals surface area contributed by atoms with Crippen LogP contribution in [0.15, 0.2) is 0 Å². The van der Waals surface area contributed by atoms with Crippen LogP contribution in [0.2, 0.25) is 0 Å². The van der Waals surface area contributed by atoms with Gasteiger partial charge in [-0.05, 0) is 12.8 Å². The Bertz CT molecular complexity index is 48.1. The van der Waals surface area contributed by atoms with Gasteiger partial charge in [-0.2, -0.15) is 0 Å². The number of rotatable bonds is 6. The fraction of sp³-hybridized carbons (Fsp3) is 1.00. The summed E-state index contributed by atoms with van der Waals surface area (Å²) in [4.78, 5) is 0. The largest absolute Gasteiger partial charge is 2.00 e. The van der Waals surface area contributed by atoms with Crippen molar-refractivity contribution in [2.45, 2.75) is 12.8 Å². The van der Waals surface area contributed by atoms with Gasteiger partial charge in [0.15, 0.2) is 0 Å². The number of ether oxygens (including phenoxy) is 2. The monoisotopic (exact) mass is 266 g/mol. The predicted molar refractivity (Wildman–Crippen MR) is 48.5 cm³/mol. The Morgan fingerprint density at radius 2 is 1.15 bits per heavy atom. The summed E-state index contributed by atoms with van der Waals surface area (Å²) in [6.07, 6.45) is 1.27. The van der Waals surface area contributed by atoms with Crippen molar-refractivity contribution in [3.05, 3.63) is 0 Å². The van der Waals surface area contributed by atoms with Gasteiger partial charge in [-0.15, -0.1) is 13.2 Å². The molecule has 0 aliphatic carbocycles. The van der Waals surface area contributed by atoms with E-state index in [0.29, 0.717) is 26.1 Å². The van der Waals surface area contributed by atoms with Crippen LogP contribution < -0.4 is 10.2 Å². The molecule has 76 valence electrons. The van der Waals surface area contributed by atoms with Crippen molar-refractivity contribution in [2.75, 3.05) is 40.6 Å². The van der Waals surface area contributed by atoms with E-state index < -0.39 is 0 Å². The summed E-state index contributed by atoms with van der Waals surface area (Å²) in [5.74, 6) is 0. The summed E-state index contributed by atoms with van der Waals surface area (Å²) in [6.45, 7) is 1.16. The summed E-state index contributed by atoms with van der Waals surface area (Å²) in [5.41, 5.74) is 0. The van der Waals surface area contributed by atoms with Crippen molar-refractivity contribution in [3.63, 3.8) is 0 Å². The van der Waals surface area contributed by atoms with Crippen molar-refractivity contribution in [1.29, 1.82) is 0 Å². The Hall–Kier alpha value is 1.32. The minimum Gasteiger partial charge on any atom is -0.854 e. The summed E-state index contributed by atoms with van der Waals surface area (Å²) in [7, 11) is 3.19. The van der Waals surface area contributed by atoms with E-state index in [1.165, 1.54) is 0 Å². The van der Waals surface area contributed by atoms with Crippen molar-refractivity contribution in [2.24, 2.45) is 0 Å². The Kier molecular flexibility index (Phi) is 35.5. The van der Waals surface area contributed by atoms with Gasteiger partial charge in [-0.25, -0.2) is 0 Å². The number of hydrogen-bond donors (Lipinski definition) is 0. The van der Waals surface area contributed by atoms with Gasteiger partial charge in [0, 0.05) is 27.4 Å². The zero-order valence-electron chi connectivity index (χ0n) is 8.58. The van der Waals surface area contributed by atoms with Gasteiger partial charge in [0.25, 0.3) is 0 Å². The van der Waals surface area contributed by atoms with Crippen LogP contribution >= 0.6 is 0 Å². The quantitative estimate of drug-likeness (QED) is 0.428. The maximum Gasteiger partial charge on any atom is 2.00 e. The van der Waals surface area contributed by atoms with E-state index in [0.717, 1.165) is 0 Å². The molecule has 0 aromatic rings. The van der Waals surface area contributed by atoms with Crippen molar-refractivity contribution in [1.82, 2.24) is 0 Å². The Morgan fingerprint density at radius 3 is 1.23 bits per heavy atom. The SMILES string of the molecule is COCCC[O-].COCCC[O-].[Sr+2]. The van der Waals surface area contributed by atoms with E-state index in [9.17, 15) is 10.2 Å².